The summed E-state index contributed by atoms with van der Waals surface area (Å²) >= 11 is 6.40. The smallest absolute Gasteiger partial charge is 0.418 e. The molecule has 0 radical (unpaired) electrons. The molecule has 1 aliphatic heterocycles. The summed E-state index contributed by atoms with van der Waals surface area (Å²) in [6.45, 7) is -0.0951. The number of carbonyl (C=O) groups excluding carboxylic acids is 1. The number of nitriles is 1. The lowest BCUT2D eigenvalue weighted by Gasteiger charge is -2.25. The number of nitrogens with zero attached hydrogens (tertiary/aromatic N) is 3. The zero-order valence-corrected chi connectivity index (χ0v) is 21.4. The SMILES string of the molecule is CN(C(=O)O[C@@H]1C[C@@H](NS(=O)(=O)c2cc(Br)ccc2Br)CN1C#N)c1ccccc1C(F)(F)F. The van der Waals surface area contributed by atoms with Gasteiger partial charge in [-0.2, -0.15) is 18.4 Å². The van der Waals surface area contributed by atoms with Gasteiger partial charge in [-0.05, 0) is 46.3 Å². The van der Waals surface area contributed by atoms with Crippen LogP contribution in [0.15, 0.2) is 56.3 Å². The number of anilines is 1. The van der Waals surface area contributed by atoms with Gasteiger partial charge >= 0.3 is 12.3 Å². The maximum atomic E-state index is 13.3. The van der Waals surface area contributed by atoms with Gasteiger partial charge in [-0.1, -0.05) is 28.1 Å². The summed E-state index contributed by atoms with van der Waals surface area (Å²) in [7, 11) is -2.89. The van der Waals surface area contributed by atoms with E-state index in [1.807, 2.05) is 6.19 Å². The van der Waals surface area contributed by atoms with Gasteiger partial charge in [0.15, 0.2) is 12.4 Å². The number of amides is 1. The van der Waals surface area contributed by atoms with Crippen LogP contribution in [-0.4, -0.2) is 45.3 Å². The lowest BCUT2D eigenvalue weighted by atomic mass is 10.1. The van der Waals surface area contributed by atoms with Gasteiger partial charge in [0.2, 0.25) is 10.0 Å². The van der Waals surface area contributed by atoms with Crippen LogP contribution in [-0.2, 0) is 20.9 Å². The van der Waals surface area contributed by atoms with Crippen LogP contribution in [0.4, 0.5) is 23.7 Å². The van der Waals surface area contributed by atoms with Crippen LogP contribution in [0, 0.1) is 11.5 Å². The van der Waals surface area contributed by atoms with E-state index in [2.05, 4.69) is 36.6 Å². The molecule has 0 aromatic heterocycles. The van der Waals surface area contributed by atoms with Crippen molar-refractivity contribution >= 4 is 53.7 Å². The van der Waals surface area contributed by atoms with Gasteiger partial charge in [-0.25, -0.2) is 17.9 Å². The third-order valence-electron chi connectivity index (χ3n) is 4.97. The normalized spacial score (nSPS) is 18.4. The fraction of sp³-hybridized carbons (Fsp3) is 0.300. The van der Waals surface area contributed by atoms with Crippen LogP contribution in [0.1, 0.15) is 12.0 Å². The van der Waals surface area contributed by atoms with Crippen LogP contribution in [0.5, 0.6) is 0 Å². The van der Waals surface area contributed by atoms with Crippen LogP contribution in [0.3, 0.4) is 0 Å². The highest BCUT2D eigenvalue weighted by molar-refractivity contribution is 9.11. The van der Waals surface area contributed by atoms with Gasteiger partial charge in [-0.3, -0.25) is 9.80 Å². The molecule has 1 fully saturated rings. The first-order valence-corrected chi connectivity index (χ1v) is 12.6. The molecule has 1 saturated heterocycles. The molecule has 1 amide bonds. The van der Waals surface area contributed by atoms with Crippen molar-refractivity contribution in [2.75, 3.05) is 18.5 Å². The third kappa shape index (κ3) is 5.83. The van der Waals surface area contributed by atoms with Gasteiger partial charge < -0.3 is 4.74 Å². The predicted molar refractivity (Wildman–Crippen MR) is 123 cm³/mol. The average molecular weight is 626 g/mol. The fourth-order valence-electron chi connectivity index (χ4n) is 3.37. The number of rotatable bonds is 5. The second kappa shape index (κ2) is 10.1. The van der Waals surface area contributed by atoms with Crippen molar-refractivity contribution in [1.29, 1.82) is 5.26 Å². The molecule has 182 valence electrons. The molecule has 0 unspecified atom stereocenters. The third-order valence-corrected chi connectivity index (χ3v) is 7.97. The molecule has 2 aromatic rings. The summed E-state index contributed by atoms with van der Waals surface area (Å²) in [6, 6.07) is 8.30. The van der Waals surface area contributed by atoms with Crippen LogP contribution in [0.2, 0.25) is 0 Å². The van der Waals surface area contributed by atoms with Crippen LogP contribution < -0.4 is 9.62 Å². The molecule has 2 atom stereocenters. The quantitative estimate of drug-likeness (QED) is 0.485. The molecular weight excluding hydrogens is 609 g/mol. The molecule has 2 aromatic carbocycles. The first-order valence-electron chi connectivity index (χ1n) is 9.58. The number of para-hydroxylation sites is 1. The largest absolute Gasteiger partial charge is 0.424 e. The lowest BCUT2D eigenvalue weighted by molar-refractivity contribution is -0.137. The van der Waals surface area contributed by atoms with E-state index < -0.39 is 45.8 Å². The van der Waals surface area contributed by atoms with Crippen molar-refractivity contribution in [2.24, 2.45) is 0 Å². The van der Waals surface area contributed by atoms with Crippen LogP contribution in [0.25, 0.3) is 0 Å². The summed E-state index contributed by atoms with van der Waals surface area (Å²) in [4.78, 5) is 14.3. The Bertz CT molecular complexity index is 1240. The molecule has 14 heteroatoms. The number of benzene rings is 2. The number of hydrogen-bond donors (Lipinski definition) is 1. The van der Waals surface area contributed by atoms with Crippen LogP contribution >= 0.6 is 31.9 Å². The number of sulfonamides is 1. The summed E-state index contributed by atoms with van der Waals surface area (Å²) < 4.78 is 74.1. The minimum Gasteiger partial charge on any atom is -0.424 e. The summed E-state index contributed by atoms with van der Waals surface area (Å²) in [6.07, 6.45) is -5.26. The number of ether oxygens (including phenoxy) is 1. The molecule has 34 heavy (non-hydrogen) atoms. The highest BCUT2D eigenvalue weighted by Gasteiger charge is 2.39. The standard InChI is InChI=1S/C20H17Br2F3N4O4S/c1-28(16-5-3-2-4-14(16)20(23,24)25)19(30)33-18-9-13(10-29(18)11-26)27-34(31,32)17-8-12(21)6-7-15(17)22/h2-8,13,18,27H,9-10H2,1H3/t13-,18-/m1/s1. The molecule has 0 bridgehead atoms. The first kappa shape index (κ1) is 26.3. The topological polar surface area (TPSA) is 103 Å². The van der Waals surface area contributed by atoms with E-state index in [1.54, 1.807) is 12.1 Å². The Labute approximate surface area is 210 Å². The molecular formula is C20H17Br2F3N4O4S. The monoisotopic (exact) mass is 624 g/mol. The Morgan fingerprint density at radius 3 is 2.59 bits per heavy atom. The molecule has 1 aliphatic rings. The van der Waals surface area contributed by atoms with E-state index in [9.17, 15) is 31.6 Å². The molecule has 1 heterocycles. The van der Waals surface area contributed by atoms with Crippen molar-refractivity contribution in [3.63, 3.8) is 0 Å². The number of alkyl halides is 3. The summed E-state index contributed by atoms with van der Waals surface area (Å²) in [5.74, 6) is 0. The number of nitrogens with one attached hydrogen (secondary N) is 1. The van der Waals surface area contributed by atoms with Gasteiger partial charge in [0, 0.05) is 35.0 Å². The zero-order chi connectivity index (χ0) is 25.3. The van der Waals surface area contributed by atoms with Crippen molar-refractivity contribution in [3.8, 4) is 6.19 Å². The first-order chi connectivity index (χ1) is 15.8. The number of hydrogen-bond acceptors (Lipinski definition) is 6. The highest BCUT2D eigenvalue weighted by Crippen LogP contribution is 2.36. The number of likely N-dealkylation sites (tertiary alicyclic amines) is 1. The van der Waals surface area contributed by atoms with Gasteiger partial charge in [0.05, 0.1) is 16.1 Å². The molecule has 3 rings (SSSR count). The summed E-state index contributed by atoms with van der Waals surface area (Å²) in [5.41, 5.74) is -1.44. The molecule has 0 spiro atoms. The van der Waals surface area contributed by atoms with E-state index in [4.69, 9.17) is 4.74 Å². The van der Waals surface area contributed by atoms with Crippen molar-refractivity contribution in [1.82, 2.24) is 9.62 Å². The minimum atomic E-state index is -4.69. The van der Waals surface area contributed by atoms with Gasteiger partial charge in [-0.15, -0.1) is 0 Å². The highest BCUT2D eigenvalue weighted by atomic mass is 79.9. The number of carbonyl (C=O) groups is 1. The maximum Gasteiger partial charge on any atom is 0.418 e. The molecule has 8 nitrogen and oxygen atoms in total. The van der Waals surface area contributed by atoms with E-state index >= 15 is 0 Å². The number of halogens is 5. The van der Waals surface area contributed by atoms with Crippen molar-refractivity contribution < 1.29 is 31.1 Å². The summed E-state index contributed by atoms with van der Waals surface area (Å²) in [5, 5.41) is 9.40. The van der Waals surface area contributed by atoms with E-state index in [0.29, 0.717) is 13.8 Å². The molecule has 1 N–H and O–H groups in total. The second-order valence-corrected chi connectivity index (χ2v) is 10.7. The Morgan fingerprint density at radius 1 is 1.26 bits per heavy atom. The fourth-order valence-corrected chi connectivity index (χ4v) is 6.11. The maximum absolute atomic E-state index is 13.3. The zero-order valence-electron chi connectivity index (χ0n) is 17.4. The van der Waals surface area contributed by atoms with Gasteiger partial charge in [0.1, 0.15) is 0 Å². The van der Waals surface area contributed by atoms with Gasteiger partial charge in [0.25, 0.3) is 0 Å². The molecule has 0 aliphatic carbocycles. The Balaban J connectivity index is 1.74. The lowest BCUT2D eigenvalue weighted by Crippen LogP contribution is -2.36. The van der Waals surface area contributed by atoms with E-state index in [-0.39, 0.29) is 17.9 Å². The minimum absolute atomic E-state index is 0.0330. The Morgan fingerprint density at radius 2 is 1.94 bits per heavy atom. The van der Waals surface area contributed by atoms with Crippen molar-refractivity contribution in [2.45, 2.75) is 29.8 Å². The predicted octanol–water partition coefficient (Wildman–Crippen LogP) is 4.66. The average Bonchev–Trinajstić information content (AvgIpc) is 3.14. The second-order valence-electron chi connectivity index (χ2n) is 7.29. The molecule has 0 saturated carbocycles. The Hall–Kier alpha value is -2.34. The Kier molecular flexibility index (Phi) is 7.81. The van der Waals surface area contributed by atoms with Crippen molar-refractivity contribution in [3.05, 3.63) is 57.0 Å². The van der Waals surface area contributed by atoms with E-state index in [0.717, 1.165) is 24.1 Å². The van der Waals surface area contributed by atoms with E-state index in [1.165, 1.54) is 18.2 Å².